The molecule has 0 saturated heterocycles. The molecule has 0 fully saturated rings. The highest BCUT2D eigenvalue weighted by molar-refractivity contribution is 7.99. The van der Waals surface area contributed by atoms with Gasteiger partial charge in [-0.3, -0.25) is 0 Å². The molecule has 7 heteroatoms. The SMILES string of the molecule is NC(CCO)CSc1ccc(C(F)(F)F)cn1. The van der Waals surface area contributed by atoms with E-state index in [2.05, 4.69) is 4.98 Å². The van der Waals surface area contributed by atoms with Crippen LogP contribution in [0.5, 0.6) is 0 Å². The molecule has 0 amide bonds. The summed E-state index contributed by atoms with van der Waals surface area (Å²) in [6, 6.07) is 2.13. The molecule has 3 N–H and O–H groups in total. The molecule has 0 aliphatic rings. The molecule has 0 spiro atoms. The number of halogens is 3. The average Bonchev–Trinajstić information content (AvgIpc) is 2.26. The summed E-state index contributed by atoms with van der Waals surface area (Å²) in [5, 5.41) is 9.12. The lowest BCUT2D eigenvalue weighted by atomic mass is 10.3. The zero-order valence-corrected chi connectivity index (χ0v) is 9.76. The van der Waals surface area contributed by atoms with Crippen molar-refractivity contribution in [2.45, 2.75) is 23.7 Å². The van der Waals surface area contributed by atoms with Crippen molar-refractivity contribution in [3.05, 3.63) is 23.9 Å². The first-order valence-electron chi connectivity index (χ1n) is 4.96. The Morgan fingerprint density at radius 2 is 2.12 bits per heavy atom. The third kappa shape index (κ3) is 4.93. The van der Waals surface area contributed by atoms with Crippen molar-refractivity contribution in [2.75, 3.05) is 12.4 Å². The lowest BCUT2D eigenvalue weighted by Gasteiger charge is -2.09. The van der Waals surface area contributed by atoms with Crippen molar-refractivity contribution in [1.29, 1.82) is 0 Å². The number of aliphatic hydroxyl groups is 1. The van der Waals surface area contributed by atoms with E-state index in [9.17, 15) is 13.2 Å². The van der Waals surface area contributed by atoms with Crippen LogP contribution in [0.15, 0.2) is 23.4 Å². The van der Waals surface area contributed by atoms with E-state index in [-0.39, 0.29) is 12.6 Å². The van der Waals surface area contributed by atoms with Gasteiger partial charge in [-0.2, -0.15) is 13.2 Å². The van der Waals surface area contributed by atoms with Gasteiger partial charge in [0.15, 0.2) is 0 Å². The minimum absolute atomic E-state index is 0.00215. The predicted octanol–water partition coefficient (Wildman–Crippen LogP) is 1.90. The van der Waals surface area contributed by atoms with Crippen molar-refractivity contribution in [2.24, 2.45) is 5.73 Å². The molecule has 1 rings (SSSR count). The van der Waals surface area contributed by atoms with Crippen molar-refractivity contribution in [3.8, 4) is 0 Å². The van der Waals surface area contributed by atoms with Crippen molar-refractivity contribution >= 4 is 11.8 Å². The standard InChI is InChI=1S/C10H13F3N2OS/c11-10(12,13)7-1-2-9(15-5-7)17-6-8(14)3-4-16/h1-2,5,8,16H,3-4,6,14H2. The fourth-order valence-corrected chi connectivity index (χ4v) is 1.92. The highest BCUT2D eigenvalue weighted by Crippen LogP contribution is 2.29. The Hall–Kier alpha value is -0.790. The van der Waals surface area contributed by atoms with Crippen LogP contribution in [0.1, 0.15) is 12.0 Å². The third-order valence-corrected chi connectivity index (χ3v) is 3.14. The number of nitrogens with zero attached hydrogens (tertiary/aromatic N) is 1. The van der Waals surface area contributed by atoms with E-state index in [0.717, 1.165) is 12.3 Å². The molecule has 96 valence electrons. The van der Waals surface area contributed by atoms with Crippen LogP contribution in [-0.2, 0) is 6.18 Å². The van der Waals surface area contributed by atoms with E-state index in [1.54, 1.807) is 0 Å². The number of nitrogens with two attached hydrogens (primary N) is 1. The predicted molar refractivity (Wildman–Crippen MR) is 59.6 cm³/mol. The summed E-state index contributed by atoms with van der Waals surface area (Å²) in [6.07, 6.45) is -3.09. The van der Waals surface area contributed by atoms with Crippen molar-refractivity contribution in [1.82, 2.24) is 4.98 Å². The molecule has 0 aliphatic heterocycles. The highest BCUT2D eigenvalue weighted by Gasteiger charge is 2.30. The summed E-state index contributed by atoms with van der Waals surface area (Å²) in [6.45, 7) is 0.00215. The number of pyridine rings is 1. The molecule has 0 aromatic carbocycles. The number of thioether (sulfide) groups is 1. The topological polar surface area (TPSA) is 59.1 Å². The second kappa shape index (κ2) is 6.23. The maximum Gasteiger partial charge on any atom is 0.417 e. The number of hydrogen-bond donors (Lipinski definition) is 2. The Kier molecular flexibility index (Phi) is 5.23. The molecule has 1 unspecified atom stereocenters. The van der Waals surface area contributed by atoms with Crippen LogP contribution in [0.3, 0.4) is 0 Å². The van der Waals surface area contributed by atoms with Crippen LogP contribution in [0.25, 0.3) is 0 Å². The van der Waals surface area contributed by atoms with Gasteiger partial charge in [0.05, 0.1) is 10.6 Å². The molecule has 1 aromatic rings. The minimum atomic E-state index is -4.36. The summed E-state index contributed by atoms with van der Waals surface area (Å²) in [4.78, 5) is 3.70. The van der Waals surface area contributed by atoms with Gasteiger partial charge < -0.3 is 10.8 Å². The monoisotopic (exact) mass is 266 g/mol. The first-order valence-corrected chi connectivity index (χ1v) is 5.94. The smallest absolute Gasteiger partial charge is 0.396 e. The average molecular weight is 266 g/mol. The highest BCUT2D eigenvalue weighted by atomic mass is 32.2. The molecule has 3 nitrogen and oxygen atoms in total. The Bertz CT molecular complexity index is 342. The Labute approximate surface area is 101 Å². The lowest BCUT2D eigenvalue weighted by molar-refractivity contribution is -0.137. The van der Waals surface area contributed by atoms with Gasteiger partial charge in [0, 0.05) is 24.6 Å². The van der Waals surface area contributed by atoms with Gasteiger partial charge in [0.25, 0.3) is 0 Å². The molecule has 0 saturated carbocycles. The molecule has 17 heavy (non-hydrogen) atoms. The largest absolute Gasteiger partial charge is 0.417 e. The third-order valence-electron chi connectivity index (χ3n) is 2.01. The van der Waals surface area contributed by atoms with Gasteiger partial charge in [0.1, 0.15) is 0 Å². The van der Waals surface area contributed by atoms with Crippen LogP contribution in [0.4, 0.5) is 13.2 Å². The van der Waals surface area contributed by atoms with E-state index in [1.807, 2.05) is 0 Å². The lowest BCUT2D eigenvalue weighted by Crippen LogP contribution is -2.23. The van der Waals surface area contributed by atoms with Gasteiger partial charge in [-0.1, -0.05) is 0 Å². The van der Waals surface area contributed by atoms with Crippen LogP contribution in [0, 0.1) is 0 Å². The van der Waals surface area contributed by atoms with Gasteiger partial charge >= 0.3 is 6.18 Å². The van der Waals surface area contributed by atoms with Gasteiger partial charge in [-0.05, 0) is 18.6 Å². The maximum atomic E-state index is 12.2. The van der Waals surface area contributed by atoms with Gasteiger partial charge in [-0.25, -0.2) is 4.98 Å². The van der Waals surface area contributed by atoms with Gasteiger partial charge in [0.2, 0.25) is 0 Å². The Morgan fingerprint density at radius 1 is 1.41 bits per heavy atom. The molecule has 0 radical (unpaired) electrons. The fraction of sp³-hybridized carbons (Fsp3) is 0.500. The van der Waals surface area contributed by atoms with Crippen molar-refractivity contribution in [3.63, 3.8) is 0 Å². The maximum absolute atomic E-state index is 12.2. The first-order chi connectivity index (χ1) is 7.93. The Balaban J connectivity index is 2.51. The second-order valence-electron chi connectivity index (χ2n) is 3.47. The van der Waals surface area contributed by atoms with E-state index in [0.29, 0.717) is 17.2 Å². The van der Waals surface area contributed by atoms with Crippen molar-refractivity contribution < 1.29 is 18.3 Å². The molecule has 0 aliphatic carbocycles. The number of aromatic nitrogens is 1. The summed E-state index contributed by atoms with van der Waals surface area (Å²) in [5.41, 5.74) is 4.88. The molecule has 1 atom stereocenters. The summed E-state index contributed by atoms with van der Waals surface area (Å²) >= 11 is 1.27. The zero-order chi connectivity index (χ0) is 12.9. The summed E-state index contributed by atoms with van der Waals surface area (Å²) in [5.74, 6) is 0.513. The molecule has 0 bridgehead atoms. The summed E-state index contributed by atoms with van der Waals surface area (Å²) < 4.78 is 36.7. The van der Waals surface area contributed by atoms with Crippen LogP contribution in [0.2, 0.25) is 0 Å². The van der Waals surface area contributed by atoms with Crippen LogP contribution >= 0.6 is 11.8 Å². The normalized spacial score (nSPS) is 13.7. The fourth-order valence-electron chi connectivity index (χ4n) is 1.07. The number of rotatable bonds is 5. The van der Waals surface area contributed by atoms with E-state index >= 15 is 0 Å². The first kappa shape index (κ1) is 14.3. The van der Waals surface area contributed by atoms with Crippen LogP contribution < -0.4 is 5.73 Å². The van der Waals surface area contributed by atoms with E-state index < -0.39 is 11.7 Å². The number of hydrogen-bond acceptors (Lipinski definition) is 4. The zero-order valence-electron chi connectivity index (χ0n) is 8.94. The number of alkyl halides is 3. The van der Waals surface area contributed by atoms with Crippen LogP contribution in [-0.4, -0.2) is 28.5 Å². The van der Waals surface area contributed by atoms with E-state index in [1.165, 1.54) is 17.8 Å². The quantitative estimate of drug-likeness (QED) is 0.799. The molecular weight excluding hydrogens is 253 g/mol. The number of aliphatic hydroxyl groups excluding tert-OH is 1. The van der Waals surface area contributed by atoms with Gasteiger partial charge in [-0.15, -0.1) is 11.8 Å². The molecular formula is C10H13F3N2OS. The molecule has 1 aromatic heterocycles. The van der Waals surface area contributed by atoms with E-state index in [4.69, 9.17) is 10.8 Å². The summed E-state index contributed by atoms with van der Waals surface area (Å²) in [7, 11) is 0. The second-order valence-corrected chi connectivity index (χ2v) is 4.51. The molecule has 1 heterocycles. The Morgan fingerprint density at radius 3 is 2.59 bits per heavy atom. The minimum Gasteiger partial charge on any atom is -0.396 e.